The third-order valence-corrected chi connectivity index (χ3v) is 3.31. The van der Waals surface area contributed by atoms with Crippen LogP contribution < -0.4 is 0 Å². The molecule has 0 N–H and O–H groups in total. The van der Waals surface area contributed by atoms with Gasteiger partial charge in [0.2, 0.25) is 0 Å². The summed E-state index contributed by atoms with van der Waals surface area (Å²) >= 11 is 0. The van der Waals surface area contributed by atoms with Gasteiger partial charge >= 0.3 is 11.9 Å². The third-order valence-electron chi connectivity index (χ3n) is 3.31. The molecule has 0 saturated heterocycles. The molecule has 140 valence electrons. The molecular formula is C20H36O4. The van der Waals surface area contributed by atoms with Crippen LogP contribution in [-0.4, -0.2) is 26.2 Å². The zero-order valence-corrected chi connectivity index (χ0v) is 16.0. The van der Waals surface area contributed by atoms with Crippen LogP contribution in [0.15, 0.2) is 24.3 Å². The third kappa shape index (κ3) is 22.7. The molecule has 4 nitrogen and oxygen atoms in total. The summed E-state index contributed by atoms with van der Waals surface area (Å²) in [6, 6.07) is 0. The Labute approximate surface area is 148 Å². The second kappa shape index (κ2) is 21.4. The molecule has 0 bridgehead atoms. The van der Waals surface area contributed by atoms with E-state index in [1.165, 1.54) is 52.7 Å². The van der Waals surface area contributed by atoms with Gasteiger partial charge in [0.15, 0.2) is 0 Å². The van der Waals surface area contributed by atoms with Gasteiger partial charge in [0.05, 0.1) is 27.1 Å². The zero-order valence-electron chi connectivity index (χ0n) is 16.0. The lowest BCUT2D eigenvalue weighted by Gasteiger charge is -1.93. The molecule has 0 saturated carbocycles. The summed E-state index contributed by atoms with van der Waals surface area (Å²) in [6.45, 7) is 4.36. The highest BCUT2D eigenvalue weighted by Gasteiger charge is 1.93. The van der Waals surface area contributed by atoms with Gasteiger partial charge in [0.1, 0.15) is 0 Å². The Balaban J connectivity index is 0. The van der Waals surface area contributed by atoms with Crippen LogP contribution in [-0.2, 0) is 19.1 Å². The average Bonchev–Trinajstić information content (AvgIpc) is 2.61. The molecule has 0 aliphatic heterocycles. The molecule has 0 amide bonds. The van der Waals surface area contributed by atoms with E-state index in [9.17, 15) is 9.59 Å². The molecule has 0 heterocycles. The molecule has 0 aromatic rings. The Morgan fingerprint density at radius 1 is 0.667 bits per heavy atom. The molecule has 4 heteroatoms. The van der Waals surface area contributed by atoms with E-state index in [4.69, 9.17) is 0 Å². The topological polar surface area (TPSA) is 52.6 Å². The van der Waals surface area contributed by atoms with Crippen LogP contribution >= 0.6 is 0 Å². The first-order valence-corrected chi connectivity index (χ1v) is 9.05. The van der Waals surface area contributed by atoms with E-state index in [0.717, 1.165) is 12.8 Å². The number of hydrogen-bond acceptors (Lipinski definition) is 4. The van der Waals surface area contributed by atoms with Gasteiger partial charge < -0.3 is 9.47 Å². The largest absolute Gasteiger partial charge is 0.469 e. The van der Waals surface area contributed by atoms with Crippen LogP contribution in [0.3, 0.4) is 0 Å². The van der Waals surface area contributed by atoms with Crippen molar-refractivity contribution < 1.29 is 19.1 Å². The fourth-order valence-electron chi connectivity index (χ4n) is 1.79. The first-order chi connectivity index (χ1) is 11.6. The smallest absolute Gasteiger partial charge is 0.309 e. The second-order valence-corrected chi connectivity index (χ2v) is 5.49. The van der Waals surface area contributed by atoms with Gasteiger partial charge in [-0.3, -0.25) is 9.59 Å². The lowest BCUT2D eigenvalue weighted by molar-refractivity contribution is -0.140. The number of methoxy groups -OCH3 is 2. The standard InChI is InChI=1S/2C10H18O2/c2*1-3-4-5-6-7-8-9-10(11)12-2/h2*7-8H,3-6,9H2,1-2H3. The first-order valence-electron chi connectivity index (χ1n) is 9.05. The van der Waals surface area contributed by atoms with Gasteiger partial charge in [-0.25, -0.2) is 0 Å². The molecule has 24 heavy (non-hydrogen) atoms. The number of allylic oxidation sites excluding steroid dienone is 2. The normalized spacial score (nSPS) is 10.5. The van der Waals surface area contributed by atoms with Gasteiger partial charge in [0, 0.05) is 0 Å². The van der Waals surface area contributed by atoms with Crippen molar-refractivity contribution in [3.63, 3.8) is 0 Å². The van der Waals surface area contributed by atoms with Gasteiger partial charge in [-0.1, -0.05) is 63.8 Å². The van der Waals surface area contributed by atoms with Crippen LogP contribution in [0, 0.1) is 0 Å². The van der Waals surface area contributed by atoms with E-state index in [1.807, 2.05) is 24.3 Å². The van der Waals surface area contributed by atoms with Crippen molar-refractivity contribution in [1.29, 1.82) is 0 Å². The highest BCUT2D eigenvalue weighted by molar-refractivity contribution is 5.71. The Morgan fingerprint density at radius 3 is 1.33 bits per heavy atom. The number of hydrogen-bond donors (Lipinski definition) is 0. The predicted molar refractivity (Wildman–Crippen MR) is 99.8 cm³/mol. The Hall–Kier alpha value is -1.58. The molecule has 0 aliphatic carbocycles. The summed E-state index contributed by atoms with van der Waals surface area (Å²) in [6.07, 6.45) is 18.3. The van der Waals surface area contributed by atoms with Crippen LogP contribution in [0.1, 0.15) is 78.1 Å². The second-order valence-electron chi connectivity index (χ2n) is 5.49. The lowest BCUT2D eigenvalue weighted by Crippen LogP contribution is -1.96. The number of carbonyl (C=O) groups excluding carboxylic acids is 2. The summed E-state index contributed by atoms with van der Waals surface area (Å²) in [7, 11) is 2.82. The highest BCUT2D eigenvalue weighted by Crippen LogP contribution is 2.01. The molecule has 0 aromatic carbocycles. The maximum atomic E-state index is 10.6. The van der Waals surface area contributed by atoms with Crippen molar-refractivity contribution in [2.45, 2.75) is 78.1 Å². The van der Waals surface area contributed by atoms with Crippen molar-refractivity contribution in [3.05, 3.63) is 24.3 Å². The van der Waals surface area contributed by atoms with Crippen molar-refractivity contribution in [3.8, 4) is 0 Å². The summed E-state index contributed by atoms with van der Waals surface area (Å²) in [5.41, 5.74) is 0. The first kappa shape index (κ1) is 24.7. The maximum Gasteiger partial charge on any atom is 0.309 e. The molecule has 0 aliphatic rings. The van der Waals surface area contributed by atoms with Gasteiger partial charge in [-0.2, -0.15) is 0 Å². The fraction of sp³-hybridized carbons (Fsp3) is 0.700. The fourth-order valence-corrected chi connectivity index (χ4v) is 1.79. The highest BCUT2D eigenvalue weighted by atomic mass is 16.5. The summed E-state index contributed by atoms with van der Waals surface area (Å²) in [5, 5.41) is 0. The molecule has 0 radical (unpaired) electrons. The van der Waals surface area contributed by atoms with E-state index in [0.29, 0.717) is 12.8 Å². The van der Waals surface area contributed by atoms with Gasteiger partial charge in [0.25, 0.3) is 0 Å². The number of esters is 2. The molecule has 0 aromatic heterocycles. The van der Waals surface area contributed by atoms with Crippen LogP contribution in [0.4, 0.5) is 0 Å². The predicted octanol–water partition coefficient (Wildman–Crippen LogP) is 5.37. The average molecular weight is 341 g/mol. The monoisotopic (exact) mass is 340 g/mol. The summed E-state index contributed by atoms with van der Waals surface area (Å²) in [5.74, 6) is -0.330. The van der Waals surface area contributed by atoms with Gasteiger partial charge in [-0.05, 0) is 25.7 Å². The molecular weight excluding hydrogens is 304 g/mol. The maximum absolute atomic E-state index is 10.6. The van der Waals surface area contributed by atoms with Crippen molar-refractivity contribution in [2.24, 2.45) is 0 Å². The van der Waals surface area contributed by atoms with E-state index in [-0.39, 0.29) is 11.9 Å². The van der Waals surface area contributed by atoms with E-state index in [1.54, 1.807) is 0 Å². The molecule has 0 fully saturated rings. The Morgan fingerprint density at radius 2 is 1.04 bits per heavy atom. The van der Waals surface area contributed by atoms with E-state index >= 15 is 0 Å². The Kier molecular flexibility index (Phi) is 22.0. The minimum absolute atomic E-state index is 0.165. The van der Waals surface area contributed by atoms with Crippen molar-refractivity contribution >= 4 is 11.9 Å². The van der Waals surface area contributed by atoms with Crippen molar-refractivity contribution in [2.75, 3.05) is 14.2 Å². The van der Waals surface area contributed by atoms with Gasteiger partial charge in [-0.15, -0.1) is 0 Å². The molecule has 0 spiro atoms. The number of ether oxygens (including phenoxy) is 2. The number of carbonyl (C=O) groups is 2. The quantitative estimate of drug-likeness (QED) is 0.272. The SMILES string of the molecule is CCCCCC=CCC(=O)OC.CCCCCC=CCC(=O)OC. The van der Waals surface area contributed by atoms with Crippen LogP contribution in [0.2, 0.25) is 0 Å². The van der Waals surface area contributed by atoms with Crippen molar-refractivity contribution in [1.82, 2.24) is 0 Å². The zero-order chi connectivity index (χ0) is 18.5. The number of rotatable bonds is 12. The summed E-state index contributed by atoms with van der Waals surface area (Å²) < 4.78 is 8.98. The summed E-state index contributed by atoms with van der Waals surface area (Å²) in [4.78, 5) is 21.3. The Bertz CT molecular complexity index is 312. The molecule has 0 rings (SSSR count). The van der Waals surface area contributed by atoms with E-state index in [2.05, 4.69) is 23.3 Å². The van der Waals surface area contributed by atoms with Crippen LogP contribution in [0.5, 0.6) is 0 Å². The molecule has 0 atom stereocenters. The molecule has 0 unspecified atom stereocenters. The minimum atomic E-state index is -0.165. The van der Waals surface area contributed by atoms with Crippen LogP contribution in [0.25, 0.3) is 0 Å². The minimum Gasteiger partial charge on any atom is -0.469 e. The van der Waals surface area contributed by atoms with E-state index < -0.39 is 0 Å². The lowest BCUT2D eigenvalue weighted by atomic mass is 10.2. The number of unbranched alkanes of at least 4 members (excludes halogenated alkanes) is 6.